The van der Waals surface area contributed by atoms with E-state index in [-0.39, 0.29) is 5.97 Å². The lowest BCUT2D eigenvalue weighted by Crippen LogP contribution is -2.25. The molecule has 6 heteroatoms. The lowest BCUT2D eigenvalue weighted by molar-refractivity contribution is -0.150. The SMILES string of the molecule is CCOC(=O)C(C)Oc1ccc(Oc2ccc3cc(Br)ccc3n2)cc1. The first-order valence-electron chi connectivity index (χ1n) is 8.22. The molecule has 1 atom stereocenters. The van der Waals surface area contributed by atoms with Crippen molar-refractivity contribution in [1.29, 1.82) is 0 Å². The number of esters is 1. The molecule has 1 unspecified atom stereocenters. The molecule has 26 heavy (non-hydrogen) atoms. The molecule has 1 heterocycles. The van der Waals surface area contributed by atoms with Crippen LogP contribution in [-0.2, 0) is 9.53 Å². The molecule has 3 rings (SSSR count). The summed E-state index contributed by atoms with van der Waals surface area (Å²) in [6.07, 6.45) is -0.664. The maximum Gasteiger partial charge on any atom is 0.347 e. The molecule has 0 bridgehead atoms. The third-order valence-corrected chi connectivity index (χ3v) is 4.10. The Hall–Kier alpha value is -2.60. The van der Waals surface area contributed by atoms with Crippen LogP contribution >= 0.6 is 15.9 Å². The summed E-state index contributed by atoms with van der Waals surface area (Å²) in [6, 6.07) is 16.7. The van der Waals surface area contributed by atoms with Crippen LogP contribution in [0.3, 0.4) is 0 Å². The first-order chi connectivity index (χ1) is 12.5. The molecule has 5 nitrogen and oxygen atoms in total. The molecular formula is C20H18BrNO4. The Morgan fingerprint density at radius 1 is 1.08 bits per heavy atom. The summed E-state index contributed by atoms with van der Waals surface area (Å²) < 4.78 is 17.3. The van der Waals surface area contributed by atoms with Crippen molar-refractivity contribution < 1.29 is 19.0 Å². The van der Waals surface area contributed by atoms with Gasteiger partial charge in [-0.05, 0) is 62.4 Å². The predicted molar refractivity (Wildman–Crippen MR) is 103 cm³/mol. The van der Waals surface area contributed by atoms with Crippen molar-refractivity contribution in [3.8, 4) is 17.4 Å². The summed E-state index contributed by atoms with van der Waals surface area (Å²) in [4.78, 5) is 16.1. The lowest BCUT2D eigenvalue weighted by Gasteiger charge is -2.13. The molecule has 0 aliphatic rings. The number of aromatic nitrogens is 1. The summed E-state index contributed by atoms with van der Waals surface area (Å²) in [5.74, 6) is 1.31. The molecule has 0 saturated heterocycles. The summed E-state index contributed by atoms with van der Waals surface area (Å²) in [5.41, 5.74) is 0.855. The fourth-order valence-corrected chi connectivity index (χ4v) is 2.73. The van der Waals surface area contributed by atoms with Crippen LogP contribution in [0.1, 0.15) is 13.8 Å². The maximum absolute atomic E-state index is 11.6. The second-order valence-corrected chi connectivity index (χ2v) is 6.49. The van der Waals surface area contributed by atoms with Gasteiger partial charge in [-0.2, -0.15) is 0 Å². The van der Waals surface area contributed by atoms with E-state index in [9.17, 15) is 4.79 Å². The maximum atomic E-state index is 11.6. The molecule has 0 aliphatic carbocycles. The van der Waals surface area contributed by atoms with E-state index in [2.05, 4.69) is 20.9 Å². The normalized spacial score (nSPS) is 11.8. The van der Waals surface area contributed by atoms with E-state index in [0.717, 1.165) is 15.4 Å². The molecule has 1 aromatic heterocycles. The minimum atomic E-state index is -0.664. The highest BCUT2D eigenvalue weighted by atomic mass is 79.9. The van der Waals surface area contributed by atoms with E-state index >= 15 is 0 Å². The molecule has 0 spiro atoms. The number of nitrogens with zero attached hydrogens (tertiary/aromatic N) is 1. The number of ether oxygens (including phenoxy) is 3. The standard InChI is InChI=1S/C20H18BrNO4/c1-3-24-20(23)13(2)25-16-6-8-17(9-7-16)26-19-11-4-14-12-15(21)5-10-18(14)22-19/h4-13H,3H2,1-2H3. The lowest BCUT2D eigenvalue weighted by atomic mass is 10.2. The second-order valence-electron chi connectivity index (χ2n) is 5.57. The summed E-state index contributed by atoms with van der Waals surface area (Å²) in [5, 5.41) is 1.03. The molecule has 3 aromatic rings. The van der Waals surface area contributed by atoms with Crippen LogP contribution in [0.4, 0.5) is 0 Å². The Morgan fingerprint density at radius 3 is 2.54 bits per heavy atom. The smallest absolute Gasteiger partial charge is 0.347 e. The average molecular weight is 416 g/mol. The summed E-state index contributed by atoms with van der Waals surface area (Å²) in [6.45, 7) is 3.74. The van der Waals surface area contributed by atoms with Crippen molar-refractivity contribution >= 4 is 32.8 Å². The van der Waals surface area contributed by atoms with Crippen molar-refractivity contribution in [2.24, 2.45) is 0 Å². The minimum absolute atomic E-state index is 0.328. The highest BCUT2D eigenvalue weighted by Crippen LogP contribution is 2.26. The number of halogens is 1. The number of hydrogen-bond donors (Lipinski definition) is 0. The molecule has 0 fully saturated rings. The Morgan fingerprint density at radius 2 is 1.81 bits per heavy atom. The Balaban J connectivity index is 1.67. The predicted octanol–water partition coefficient (Wildman–Crippen LogP) is 5.12. The zero-order valence-corrected chi connectivity index (χ0v) is 16.0. The number of fused-ring (bicyclic) bond motifs is 1. The van der Waals surface area contributed by atoms with Gasteiger partial charge in [0, 0.05) is 15.9 Å². The third-order valence-electron chi connectivity index (χ3n) is 3.60. The third kappa shape index (κ3) is 4.52. The van der Waals surface area contributed by atoms with Gasteiger partial charge in [0.05, 0.1) is 12.1 Å². The van der Waals surface area contributed by atoms with Crippen LogP contribution in [0.25, 0.3) is 10.9 Å². The van der Waals surface area contributed by atoms with E-state index in [0.29, 0.717) is 24.0 Å². The van der Waals surface area contributed by atoms with Gasteiger partial charge in [-0.15, -0.1) is 0 Å². The van der Waals surface area contributed by atoms with Crippen molar-refractivity contribution in [2.75, 3.05) is 6.61 Å². The first-order valence-corrected chi connectivity index (χ1v) is 9.02. The zero-order chi connectivity index (χ0) is 18.5. The van der Waals surface area contributed by atoms with Crippen molar-refractivity contribution in [2.45, 2.75) is 20.0 Å². The highest BCUT2D eigenvalue weighted by molar-refractivity contribution is 9.10. The van der Waals surface area contributed by atoms with Gasteiger partial charge in [-0.25, -0.2) is 9.78 Å². The summed E-state index contributed by atoms with van der Waals surface area (Å²) >= 11 is 3.45. The van der Waals surface area contributed by atoms with Gasteiger partial charge in [-0.1, -0.05) is 15.9 Å². The molecule has 2 aromatic carbocycles. The number of hydrogen-bond acceptors (Lipinski definition) is 5. The van der Waals surface area contributed by atoms with Crippen LogP contribution < -0.4 is 9.47 Å². The van der Waals surface area contributed by atoms with E-state index in [1.807, 2.05) is 30.3 Å². The molecule has 0 radical (unpaired) electrons. The largest absolute Gasteiger partial charge is 0.479 e. The van der Waals surface area contributed by atoms with Gasteiger partial charge in [-0.3, -0.25) is 0 Å². The quantitative estimate of drug-likeness (QED) is 0.522. The van der Waals surface area contributed by atoms with Crippen molar-refractivity contribution in [3.63, 3.8) is 0 Å². The van der Waals surface area contributed by atoms with Crippen LogP contribution in [0.5, 0.6) is 17.4 Å². The molecule has 0 aliphatic heterocycles. The molecule has 0 saturated carbocycles. The van der Waals surface area contributed by atoms with Crippen LogP contribution in [0, 0.1) is 0 Å². The van der Waals surface area contributed by atoms with E-state index in [4.69, 9.17) is 14.2 Å². The molecule has 0 amide bonds. The topological polar surface area (TPSA) is 57.7 Å². The van der Waals surface area contributed by atoms with Gasteiger partial charge in [0.2, 0.25) is 5.88 Å². The molecule has 0 N–H and O–H groups in total. The number of carbonyl (C=O) groups excluding carboxylic acids is 1. The number of pyridine rings is 1. The highest BCUT2D eigenvalue weighted by Gasteiger charge is 2.15. The Labute approximate surface area is 160 Å². The van der Waals surface area contributed by atoms with Gasteiger partial charge in [0.1, 0.15) is 11.5 Å². The zero-order valence-electron chi connectivity index (χ0n) is 14.4. The fraction of sp³-hybridized carbons (Fsp3) is 0.200. The second kappa shape index (κ2) is 8.19. The Bertz CT molecular complexity index is 911. The molecule has 134 valence electrons. The number of rotatable bonds is 6. The number of benzene rings is 2. The monoisotopic (exact) mass is 415 g/mol. The van der Waals surface area contributed by atoms with E-state index in [1.54, 1.807) is 38.1 Å². The van der Waals surface area contributed by atoms with Crippen LogP contribution in [0.15, 0.2) is 59.1 Å². The fourth-order valence-electron chi connectivity index (χ4n) is 2.35. The Kier molecular flexibility index (Phi) is 5.73. The van der Waals surface area contributed by atoms with Crippen molar-refractivity contribution in [1.82, 2.24) is 4.98 Å². The van der Waals surface area contributed by atoms with Gasteiger partial charge in [0.15, 0.2) is 6.10 Å². The van der Waals surface area contributed by atoms with Crippen LogP contribution in [0.2, 0.25) is 0 Å². The van der Waals surface area contributed by atoms with E-state index < -0.39 is 6.10 Å². The van der Waals surface area contributed by atoms with Crippen molar-refractivity contribution in [3.05, 3.63) is 59.1 Å². The van der Waals surface area contributed by atoms with Crippen LogP contribution in [-0.4, -0.2) is 23.7 Å². The number of carbonyl (C=O) groups is 1. The average Bonchev–Trinajstić information content (AvgIpc) is 2.63. The first kappa shape index (κ1) is 18.2. The molecular weight excluding hydrogens is 398 g/mol. The van der Waals surface area contributed by atoms with Gasteiger partial charge in [0.25, 0.3) is 0 Å². The van der Waals surface area contributed by atoms with Gasteiger partial charge < -0.3 is 14.2 Å². The van der Waals surface area contributed by atoms with E-state index in [1.165, 1.54) is 0 Å². The summed E-state index contributed by atoms with van der Waals surface area (Å²) in [7, 11) is 0. The van der Waals surface area contributed by atoms with Gasteiger partial charge >= 0.3 is 5.97 Å². The minimum Gasteiger partial charge on any atom is -0.479 e.